The second-order valence-corrected chi connectivity index (χ2v) is 6.89. The largest absolute Gasteiger partial charge is 0.347 e. The van der Waals surface area contributed by atoms with Gasteiger partial charge in [-0.15, -0.1) is 11.3 Å². The van der Waals surface area contributed by atoms with E-state index in [4.69, 9.17) is 0 Å². The minimum atomic E-state index is -0.384. The molecular formula is C16H19N5O2S. The highest BCUT2D eigenvalue weighted by Crippen LogP contribution is 2.29. The first-order chi connectivity index (χ1) is 11.5. The fourth-order valence-electron chi connectivity index (χ4n) is 2.80. The van der Waals surface area contributed by atoms with E-state index in [1.807, 2.05) is 0 Å². The van der Waals surface area contributed by atoms with Crippen molar-refractivity contribution in [3.8, 4) is 10.8 Å². The Balaban J connectivity index is 1.88. The Labute approximate surface area is 144 Å². The molecule has 126 valence electrons. The van der Waals surface area contributed by atoms with E-state index in [1.54, 1.807) is 49.3 Å². The molecule has 0 saturated carbocycles. The van der Waals surface area contributed by atoms with Gasteiger partial charge in [0, 0.05) is 33.0 Å². The normalized spacial score (nSPS) is 17.1. The number of aromatic nitrogens is 3. The maximum atomic E-state index is 12.9. The number of aryl methyl sites for hydroxylation is 1. The zero-order valence-corrected chi connectivity index (χ0v) is 14.7. The molecule has 1 unspecified atom stereocenters. The number of rotatable bonds is 3. The average Bonchev–Trinajstić information content (AvgIpc) is 3.21. The molecule has 24 heavy (non-hydrogen) atoms. The Kier molecular flexibility index (Phi) is 4.57. The molecular weight excluding hydrogens is 326 g/mol. The van der Waals surface area contributed by atoms with Crippen molar-refractivity contribution < 1.29 is 9.59 Å². The fraction of sp³-hybridized carbons (Fsp3) is 0.438. The lowest BCUT2D eigenvalue weighted by molar-refractivity contribution is -0.132. The molecule has 2 aromatic rings. The third-order valence-electron chi connectivity index (χ3n) is 3.99. The van der Waals surface area contributed by atoms with Crippen LogP contribution in [0.15, 0.2) is 18.5 Å². The van der Waals surface area contributed by atoms with Crippen molar-refractivity contribution in [3.05, 3.63) is 29.0 Å². The third kappa shape index (κ3) is 3.01. The molecule has 0 N–H and O–H groups in total. The van der Waals surface area contributed by atoms with E-state index < -0.39 is 0 Å². The van der Waals surface area contributed by atoms with Gasteiger partial charge in [0.15, 0.2) is 10.8 Å². The van der Waals surface area contributed by atoms with Crippen molar-refractivity contribution in [1.29, 1.82) is 0 Å². The van der Waals surface area contributed by atoms with Crippen molar-refractivity contribution in [2.75, 3.05) is 20.6 Å². The summed E-state index contributed by atoms with van der Waals surface area (Å²) < 4.78 is 0. The maximum absolute atomic E-state index is 12.9. The van der Waals surface area contributed by atoms with Crippen LogP contribution in [0.5, 0.6) is 0 Å². The van der Waals surface area contributed by atoms with Crippen molar-refractivity contribution >= 4 is 23.2 Å². The lowest BCUT2D eigenvalue weighted by Gasteiger charge is -2.25. The molecule has 0 spiro atoms. The Morgan fingerprint density at radius 2 is 2.00 bits per heavy atom. The van der Waals surface area contributed by atoms with Gasteiger partial charge in [-0.25, -0.2) is 15.0 Å². The number of nitrogens with zero attached hydrogens (tertiary/aromatic N) is 5. The highest BCUT2D eigenvalue weighted by molar-refractivity contribution is 7.17. The Morgan fingerprint density at radius 3 is 2.67 bits per heavy atom. The number of carbonyl (C=O) groups is 2. The first kappa shape index (κ1) is 16.5. The monoisotopic (exact) mass is 345 g/mol. The van der Waals surface area contributed by atoms with E-state index in [1.165, 1.54) is 11.3 Å². The summed E-state index contributed by atoms with van der Waals surface area (Å²) in [7, 11) is 3.43. The third-order valence-corrected chi connectivity index (χ3v) is 5.13. The highest BCUT2D eigenvalue weighted by Gasteiger charge is 2.36. The standard InChI is InChI=1S/C16H19N5O2S/c1-10-12(24-14(19-10)13-17-7-5-8-18-13)16(23)21-9-4-6-11(21)15(22)20(2)3/h5,7-8,11H,4,6,9H2,1-3H3. The van der Waals surface area contributed by atoms with Gasteiger partial charge in [-0.2, -0.15) is 0 Å². The molecule has 3 heterocycles. The molecule has 2 amide bonds. The summed E-state index contributed by atoms with van der Waals surface area (Å²) in [5.41, 5.74) is 0.649. The van der Waals surface area contributed by atoms with E-state index in [9.17, 15) is 9.59 Å². The number of hydrogen-bond acceptors (Lipinski definition) is 6. The van der Waals surface area contributed by atoms with E-state index >= 15 is 0 Å². The van der Waals surface area contributed by atoms with Crippen LogP contribution >= 0.6 is 11.3 Å². The number of carbonyl (C=O) groups excluding carboxylic acids is 2. The smallest absolute Gasteiger partial charge is 0.266 e. The summed E-state index contributed by atoms with van der Waals surface area (Å²) in [6.45, 7) is 2.40. The number of amides is 2. The summed E-state index contributed by atoms with van der Waals surface area (Å²) >= 11 is 1.28. The van der Waals surface area contributed by atoms with Crippen LogP contribution in [0.2, 0.25) is 0 Å². The van der Waals surface area contributed by atoms with Gasteiger partial charge in [0.05, 0.1) is 5.69 Å². The summed E-state index contributed by atoms with van der Waals surface area (Å²) in [5.74, 6) is 0.339. The quantitative estimate of drug-likeness (QED) is 0.844. The lowest BCUT2D eigenvalue weighted by atomic mass is 10.2. The second kappa shape index (κ2) is 6.64. The predicted molar refractivity (Wildman–Crippen MR) is 90.6 cm³/mol. The van der Waals surface area contributed by atoms with Crippen LogP contribution in [0, 0.1) is 6.92 Å². The molecule has 1 aliphatic heterocycles. The minimum Gasteiger partial charge on any atom is -0.347 e. The van der Waals surface area contributed by atoms with Gasteiger partial charge in [-0.1, -0.05) is 0 Å². The number of likely N-dealkylation sites (tertiary alicyclic amines) is 1. The van der Waals surface area contributed by atoms with Crippen LogP contribution in [0.3, 0.4) is 0 Å². The summed E-state index contributed by atoms with van der Waals surface area (Å²) in [6.07, 6.45) is 4.83. The lowest BCUT2D eigenvalue weighted by Crippen LogP contribution is -2.45. The molecule has 0 aliphatic carbocycles. The first-order valence-electron chi connectivity index (χ1n) is 7.76. The van der Waals surface area contributed by atoms with Gasteiger partial charge in [0.2, 0.25) is 5.91 Å². The van der Waals surface area contributed by atoms with Crippen molar-refractivity contribution in [2.24, 2.45) is 0 Å². The van der Waals surface area contributed by atoms with E-state index in [0.717, 1.165) is 6.42 Å². The average molecular weight is 345 g/mol. The summed E-state index contributed by atoms with van der Waals surface area (Å²) in [6, 6.07) is 1.35. The number of likely N-dealkylation sites (N-methyl/N-ethyl adjacent to an activating group) is 1. The molecule has 0 radical (unpaired) electrons. The zero-order valence-electron chi connectivity index (χ0n) is 13.9. The highest BCUT2D eigenvalue weighted by atomic mass is 32.1. The van der Waals surface area contributed by atoms with Crippen LogP contribution in [0.25, 0.3) is 10.8 Å². The first-order valence-corrected chi connectivity index (χ1v) is 8.57. The van der Waals surface area contributed by atoms with Gasteiger partial charge in [-0.3, -0.25) is 9.59 Å². The Morgan fingerprint density at radius 1 is 1.29 bits per heavy atom. The predicted octanol–water partition coefficient (Wildman–Crippen LogP) is 1.60. The van der Waals surface area contributed by atoms with Gasteiger partial charge < -0.3 is 9.80 Å². The van der Waals surface area contributed by atoms with Crippen molar-refractivity contribution in [2.45, 2.75) is 25.8 Å². The molecule has 8 heteroatoms. The van der Waals surface area contributed by atoms with Crippen molar-refractivity contribution in [1.82, 2.24) is 24.8 Å². The summed E-state index contributed by atoms with van der Waals surface area (Å²) in [5, 5.41) is 0.617. The number of hydrogen-bond donors (Lipinski definition) is 0. The molecule has 1 saturated heterocycles. The Bertz CT molecular complexity index is 759. The van der Waals surface area contributed by atoms with Gasteiger partial charge >= 0.3 is 0 Å². The number of thiazole rings is 1. The zero-order chi connectivity index (χ0) is 17.3. The topological polar surface area (TPSA) is 79.3 Å². The van der Waals surface area contributed by atoms with Gasteiger partial charge in [0.1, 0.15) is 10.9 Å². The van der Waals surface area contributed by atoms with E-state index in [-0.39, 0.29) is 17.9 Å². The molecule has 7 nitrogen and oxygen atoms in total. The van der Waals surface area contributed by atoms with E-state index in [2.05, 4.69) is 15.0 Å². The van der Waals surface area contributed by atoms with Crippen LogP contribution < -0.4 is 0 Å². The maximum Gasteiger partial charge on any atom is 0.266 e. The van der Waals surface area contributed by atoms with Gasteiger partial charge in [0.25, 0.3) is 5.91 Å². The molecule has 1 aliphatic rings. The SMILES string of the molecule is Cc1nc(-c2ncccn2)sc1C(=O)N1CCCC1C(=O)N(C)C. The van der Waals surface area contributed by atoms with E-state index in [0.29, 0.717) is 34.4 Å². The fourth-order valence-corrected chi connectivity index (χ4v) is 3.77. The van der Waals surface area contributed by atoms with Crippen LogP contribution in [-0.2, 0) is 4.79 Å². The molecule has 0 aromatic carbocycles. The minimum absolute atomic E-state index is 0.0327. The summed E-state index contributed by atoms with van der Waals surface area (Å²) in [4.78, 5) is 41.8. The Hall–Kier alpha value is -2.35. The van der Waals surface area contributed by atoms with Crippen LogP contribution in [-0.4, -0.2) is 63.2 Å². The van der Waals surface area contributed by atoms with Crippen molar-refractivity contribution in [3.63, 3.8) is 0 Å². The van der Waals surface area contributed by atoms with Crippen LogP contribution in [0.4, 0.5) is 0 Å². The van der Waals surface area contributed by atoms with Crippen LogP contribution in [0.1, 0.15) is 28.2 Å². The molecule has 3 rings (SSSR count). The van der Waals surface area contributed by atoms with Gasteiger partial charge in [-0.05, 0) is 25.8 Å². The second-order valence-electron chi connectivity index (χ2n) is 5.90. The molecule has 0 bridgehead atoms. The molecule has 1 atom stereocenters. The molecule has 2 aromatic heterocycles. The molecule has 1 fully saturated rings.